The summed E-state index contributed by atoms with van der Waals surface area (Å²) < 4.78 is 11.1. The maximum Gasteiger partial charge on any atom is 0.246 e. The molecule has 5 heteroatoms. The lowest BCUT2D eigenvalue weighted by molar-refractivity contribution is -0.133. The quantitative estimate of drug-likeness (QED) is 0.586. The lowest BCUT2D eigenvalue weighted by atomic mass is 10.0. The molecule has 0 aromatic rings. The molecule has 1 amide bonds. The van der Waals surface area contributed by atoms with Crippen LogP contribution >= 0.6 is 0 Å². The molecule has 96 valence electrons. The molecule has 0 spiro atoms. The Morgan fingerprint density at radius 3 is 2.41 bits per heavy atom. The third kappa shape index (κ3) is 3.49. The monoisotopic (exact) mass is 241 g/mol. The summed E-state index contributed by atoms with van der Waals surface area (Å²) in [5.74, 6) is 2.31. The molecule has 5 nitrogen and oxygen atoms in total. The van der Waals surface area contributed by atoms with Gasteiger partial charge in [0.2, 0.25) is 5.91 Å². The Balaban J connectivity index is 2.53. The molecule has 0 aliphatic carbocycles. The second kappa shape index (κ2) is 5.72. The number of carbonyl (C=O) groups is 1. The molecule has 0 radical (unpaired) electrons. The topological polar surface area (TPSA) is 67.8 Å². The number of hydrogen-bond acceptors (Lipinski definition) is 4. The van der Waals surface area contributed by atoms with Gasteiger partial charge in [0.05, 0.1) is 0 Å². The largest absolute Gasteiger partial charge is 0.460 e. The molecule has 17 heavy (non-hydrogen) atoms. The van der Waals surface area contributed by atoms with Gasteiger partial charge in [0.15, 0.2) is 0 Å². The molecule has 0 aromatic heterocycles. The molecule has 1 unspecified atom stereocenters. The average Bonchev–Trinajstić information content (AvgIpc) is 2.30. The first-order valence-electron chi connectivity index (χ1n) is 5.62. The molecule has 1 atom stereocenters. The lowest BCUT2D eigenvalue weighted by Crippen LogP contribution is -2.26. The number of hydroxylamine groups is 1. The van der Waals surface area contributed by atoms with Crippen molar-refractivity contribution in [1.82, 2.24) is 5.48 Å². The van der Waals surface area contributed by atoms with Gasteiger partial charge in [-0.2, -0.15) is 0 Å². The summed E-state index contributed by atoms with van der Waals surface area (Å²) in [6.07, 6.45) is 1.19. The van der Waals surface area contributed by atoms with Crippen LogP contribution in [-0.2, 0) is 14.3 Å². The second-order valence-corrected chi connectivity index (χ2v) is 4.21. The van der Waals surface area contributed by atoms with Crippen LogP contribution in [0.25, 0.3) is 0 Å². The molecular formula is C12H19NO4. The van der Waals surface area contributed by atoms with Crippen molar-refractivity contribution in [3.63, 3.8) is 0 Å². The molecule has 0 saturated heterocycles. The number of carbonyl (C=O) groups excluding carboxylic acids is 1. The van der Waals surface area contributed by atoms with E-state index in [0.29, 0.717) is 12.8 Å². The third-order valence-corrected chi connectivity index (χ3v) is 2.83. The Bertz CT molecular complexity index is 371. The highest BCUT2D eigenvalue weighted by atomic mass is 16.6. The standard InChI is InChI=1S/C12H19NO4/c1-7(12(14)13-15)5-6-11-10(4)16-8(2)9(3)17-11/h7,15H,5-6H2,1-4H3,(H,13,14). The molecular weight excluding hydrogens is 222 g/mol. The number of amides is 1. The van der Waals surface area contributed by atoms with E-state index in [2.05, 4.69) is 0 Å². The zero-order chi connectivity index (χ0) is 13.0. The van der Waals surface area contributed by atoms with Crippen molar-refractivity contribution in [1.29, 1.82) is 0 Å². The van der Waals surface area contributed by atoms with E-state index in [1.54, 1.807) is 12.4 Å². The summed E-state index contributed by atoms with van der Waals surface area (Å²) in [7, 11) is 0. The van der Waals surface area contributed by atoms with E-state index in [9.17, 15) is 4.79 Å². The summed E-state index contributed by atoms with van der Waals surface area (Å²) in [5.41, 5.74) is 1.64. The van der Waals surface area contributed by atoms with Crippen molar-refractivity contribution in [3.05, 3.63) is 23.0 Å². The number of ether oxygens (including phenoxy) is 2. The van der Waals surface area contributed by atoms with Gasteiger partial charge in [0, 0.05) is 12.3 Å². The molecule has 1 aliphatic rings. The van der Waals surface area contributed by atoms with Gasteiger partial charge in [-0.05, 0) is 27.2 Å². The number of nitrogens with one attached hydrogen (secondary N) is 1. The minimum atomic E-state index is -0.386. The van der Waals surface area contributed by atoms with Gasteiger partial charge in [0.25, 0.3) is 0 Å². The van der Waals surface area contributed by atoms with Crippen molar-refractivity contribution >= 4 is 5.91 Å². The Morgan fingerprint density at radius 2 is 1.82 bits per heavy atom. The smallest absolute Gasteiger partial charge is 0.246 e. The highest BCUT2D eigenvalue weighted by molar-refractivity contribution is 5.76. The Kier molecular flexibility index (Phi) is 4.57. The van der Waals surface area contributed by atoms with Crippen LogP contribution < -0.4 is 5.48 Å². The maximum absolute atomic E-state index is 11.1. The van der Waals surface area contributed by atoms with Crippen molar-refractivity contribution in [2.45, 2.75) is 40.5 Å². The van der Waals surface area contributed by atoms with Gasteiger partial charge in [-0.1, -0.05) is 6.92 Å². The van der Waals surface area contributed by atoms with E-state index < -0.39 is 0 Å². The highest BCUT2D eigenvalue weighted by Gasteiger charge is 2.19. The first kappa shape index (κ1) is 13.6. The van der Waals surface area contributed by atoms with Crippen LogP contribution in [0, 0.1) is 5.92 Å². The summed E-state index contributed by atoms with van der Waals surface area (Å²) in [5, 5.41) is 8.50. The van der Waals surface area contributed by atoms with Crippen molar-refractivity contribution in [2.75, 3.05) is 0 Å². The molecule has 0 saturated carbocycles. The lowest BCUT2D eigenvalue weighted by Gasteiger charge is -2.22. The molecule has 1 heterocycles. The second-order valence-electron chi connectivity index (χ2n) is 4.21. The average molecular weight is 241 g/mol. The van der Waals surface area contributed by atoms with E-state index in [0.717, 1.165) is 23.0 Å². The van der Waals surface area contributed by atoms with E-state index >= 15 is 0 Å². The fourth-order valence-electron chi connectivity index (χ4n) is 1.50. The molecule has 2 N–H and O–H groups in total. The number of hydrogen-bond donors (Lipinski definition) is 2. The molecule has 1 rings (SSSR count). The first-order chi connectivity index (χ1) is 7.95. The third-order valence-electron chi connectivity index (χ3n) is 2.83. The summed E-state index contributed by atoms with van der Waals surface area (Å²) >= 11 is 0. The Hall–Kier alpha value is -1.49. The highest BCUT2D eigenvalue weighted by Crippen LogP contribution is 2.27. The number of allylic oxidation sites excluding steroid dienone is 4. The minimum Gasteiger partial charge on any atom is -0.460 e. The van der Waals surface area contributed by atoms with Crippen molar-refractivity contribution in [3.8, 4) is 0 Å². The van der Waals surface area contributed by atoms with E-state index in [1.807, 2.05) is 20.8 Å². The van der Waals surface area contributed by atoms with Crippen molar-refractivity contribution < 1.29 is 19.5 Å². The molecule has 0 bridgehead atoms. The van der Waals surface area contributed by atoms with E-state index in [4.69, 9.17) is 14.7 Å². The molecule has 0 fully saturated rings. The van der Waals surface area contributed by atoms with Crippen LogP contribution in [0.2, 0.25) is 0 Å². The summed E-state index contributed by atoms with van der Waals surface area (Å²) in [6, 6.07) is 0. The van der Waals surface area contributed by atoms with E-state index in [1.165, 1.54) is 0 Å². The normalized spacial score (nSPS) is 17.5. The van der Waals surface area contributed by atoms with Crippen LogP contribution in [-0.4, -0.2) is 11.1 Å². The minimum absolute atomic E-state index is 0.267. The van der Waals surface area contributed by atoms with Gasteiger partial charge < -0.3 is 9.47 Å². The summed E-state index contributed by atoms with van der Waals surface area (Å²) in [4.78, 5) is 11.1. The Morgan fingerprint density at radius 1 is 1.24 bits per heavy atom. The zero-order valence-electron chi connectivity index (χ0n) is 10.7. The van der Waals surface area contributed by atoms with Crippen LogP contribution in [0.3, 0.4) is 0 Å². The number of rotatable bonds is 4. The SMILES string of the molecule is CC1=C(C)OC(CCC(C)C(=O)NO)=C(C)O1. The van der Waals surface area contributed by atoms with E-state index in [-0.39, 0.29) is 11.8 Å². The fourth-order valence-corrected chi connectivity index (χ4v) is 1.50. The zero-order valence-corrected chi connectivity index (χ0v) is 10.7. The maximum atomic E-state index is 11.1. The van der Waals surface area contributed by atoms with Crippen LogP contribution in [0.15, 0.2) is 23.0 Å². The van der Waals surface area contributed by atoms with Gasteiger partial charge in [-0.25, -0.2) is 5.48 Å². The molecule has 0 aromatic carbocycles. The van der Waals surface area contributed by atoms with Gasteiger partial charge >= 0.3 is 0 Å². The fraction of sp³-hybridized carbons (Fsp3) is 0.583. The predicted molar refractivity (Wildman–Crippen MR) is 61.6 cm³/mol. The van der Waals surface area contributed by atoms with Gasteiger partial charge in [-0.3, -0.25) is 10.0 Å². The Labute approximate surface area is 101 Å². The van der Waals surface area contributed by atoms with Crippen LogP contribution in [0.1, 0.15) is 40.5 Å². The first-order valence-corrected chi connectivity index (χ1v) is 5.62. The van der Waals surface area contributed by atoms with Crippen LogP contribution in [0.5, 0.6) is 0 Å². The van der Waals surface area contributed by atoms with Gasteiger partial charge in [-0.15, -0.1) is 0 Å². The van der Waals surface area contributed by atoms with Crippen LogP contribution in [0.4, 0.5) is 0 Å². The predicted octanol–water partition coefficient (Wildman–Crippen LogP) is 2.44. The summed E-state index contributed by atoms with van der Waals surface area (Å²) in [6.45, 7) is 7.27. The molecule has 1 aliphatic heterocycles. The van der Waals surface area contributed by atoms with Crippen molar-refractivity contribution in [2.24, 2.45) is 5.92 Å². The van der Waals surface area contributed by atoms with Gasteiger partial charge in [0.1, 0.15) is 23.0 Å².